The molecule has 0 bridgehead atoms. The fraction of sp³-hybridized carbons (Fsp3) is 0.917. The van der Waals surface area contributed by atoms with E-state index in [1.807, 2.05) is 0 Å². The Bertz CT molecular complexity index is 772. The molecule has 1 saturated heterocycles. The largest absolute Gasteiger partial charge is 0.344 e. The number of nitrogens with zero attached hydrogens (tertiary/aromatic N) is 3. The van der Waals surface area contributed by atoms with Crippen molar-refractivity contribution in [1.29, 1.82) is 0 Å². The maximum Gasteiger partial charge on any atom is 0.163 e. The Morgan fingerprint density at radius 2 is 1.76 bits per heavy atom. The Labute approximate surface area is 175 Å². The Morgan fingerprint density at radius 1 is 1.00 bits per heavy atom. The monoisotopic (exact) mass is 399 g/mol. The number of azide groups is 1. The lowest BCUT2D eigenvalue weighted by Crippen LogP contribution is -2.63. The maximum atomic E-state index is 9.01. The summed E-state index contributed by atoms with van der Waals surface area (Å²) in [5.41, 5.74) is 11.3. The fourth-order valence-electron chi connectivity index (χ4n) is 8.66. The number of fused-ring (bicyclic) bond motifs is 8. The highest BCUT2D eigenvalue weighted by Gasteiger charge is 2.67. The van der Waals surface area contributed by atoms with E-state index >= 15 is 0 Å². The van der Waals surface area contributed by atoms with Gasteiger partial charge in [-0.1, -0.05) is 30.6 Å². The topological polar surface area (TPSA) is 67.2 Å². The van der Waals surface area contributed by atoms with Gasteiger partial charge < -0.3 is 9.47 Å². The number of allylic oxidation sites excluding steroid dienone is 2. The van der Waals surface area contributed by atoms with E-state index in [9.17, 15) is 0 Å². The number of hydrogen-bond acceptors (Lipinski definition) is 3. The lowest BCUT2D eigenvalue weighted by Gasteiger charge is -2.63. The normalized spacial score (nSPS) is 54.1. The minimum atomic E-state index is -0.521. The van der Waals surface area contributed by atoms with Crippen LogP contribution in [0.5, 0.6) is 0 Å². The molecule has 0 N–H and O–H groups in total. The first-order valence-corrected chi connectivity index (χ1v) is 11.8. The average molecular weight is 400 g/mol. The van der Waals surface area contributed by atoms with Gasteiger partial charge in [-0.25, -0.2) is 0 Å². The molecule has 5 rings (SSSR count). The summed E-state index contributed by atoms with van der Waals surface area (Å²) in [5.74, 6) is 1.87. The molecule has 5 fully saturated rings. The second-order valence-corrected chi connectivity index (χ2v) is 11.4. The Morgan fingerprint density at radius 3 is 2.48 bits per heavy atom. The van der Waals surface area contributed by atoms with Crippen molar-refractivity contribution in [3.05, 3.63) is 22.1 Å². The Balaban J connectivity index is 1.57. The number of ether oxygens (including phenoxy) is 2. The van der Waals surface area contributed by atoms with Crippen molar-refractivity contribution in [3.8, 4) is 0 Å². The zero-order valence-electron chi connectivity index (χ0n) is 18.7. The molecule has 29 heavy (non-hydrogen) atoms. The van der Waals surface area contributed by atoms with Crippen LogP contribution in [-0.2, 0) is 9.47 Å². The molecule has 5 aliphatic rings. The maximum absolute atomic E-state index is 9.01. The van der Waals surface area contributed by atoms with Gasteiger partial charge in [0.15, 0.2) is 5.79 Å². The van der Waals surface area contributed by atoms with Gasteiger partial charge >= 0.3 is 0 Å². The van der Waals surface area contributed by atoms with E-state index in [0.717, 1.165) is 19.3 Å². The molecule has 0 aromatic carbocycles. The minimum Gasteiger partial charge on any atom is -0.344 e. The van der Waals surface area contributed by atoms with E-state index in [2.05, 4.69) is 50.7 Å². The summed E-state index contributed by atoms with van der Waals surface area (Å²) < 4.78 is 13.3. The molecule has 0 aromatic heterocycles. The van der Waals surface area contributed by atoms with Crippen LogP contribution in [0, 0.1) is 34.5 Å². The van der Waals surface area contributed by atoms with Crippen LogP contribution in [0.4, 0.5) is 0 Å². The van der Waals surface area contributed by atoms with Gasteiger partial charge in [-0.3, -0.25) is 0 Å². The standard InChI is InChI=1S/C24H37N3O2/c1-6-14-7-8-16-19-17(10-12-23(14,16)4)24(5)11-9-15(26-27-25)13-18(24)20-21(19)29-22(2,3)28-20/h6,15-21H,7-13H2,1-5H3/b14-6-/t15-,16?,17?,18?,19?,20+,21+,23+,24+/m0/s1. The van der Waals surface area contributed by atoms with E-state index < -0.39 is 5.79 Å². The van der Waals surface area contributed by atoms with E-state index in [1.54, 1.807) is 5.57 Å². The van der Waals surface area contributed by atoms with Crippen molar-refractivity contribution >= 4 is 0 Å². The molecule has 1 aliphatic heterocycles. The van der Waals surface area contributed by atoms with Gasteiger partial charge in [0, 0.05) is 11.0 Å². The second-order valence-electron chi connectivity index (χ2n) is 11.4. The molecule has 5 heteroatoms. The Hall–Kier alpha value is -1.03. The van der Waals surface area contributed by atoms with Crippen molar-refractivity contribution in [2.75, 3.05) is 0 Å². The number of hydrogen-bond donors (Lipinski definition) is 0. The SMILES string of the molecule is C/C=C1/CCC2C3C(CC[C@]12C)[C@@]1(C)CC[C@H](N=[N+]=[N-])CC1[C@H]1OC(C)(C)O[C@H]31. The van der Waals surface area contributed by atoms with Crippen LogP contribution in [0.15, 0.2) is 16.8 Å². The number of rotatable bonds is 1. The smallest absolute Gasteiger partial charge is 0.163 e. The van der Waals surface area contributed by atoms with Gasteiger partial charge in [-0.15, -0.1) is 0 Å². The van der Waals surface area contributed by atoms with Crippen LogP contribution in [0.1, 0.15) is 79.6 Å². The zero-order chi connectivity index (χ0) is 20.6. The molecule has 0 aromatic rings. The van der Waals surface area contributed by atoms with Crippen molar-refractivity contribution < 1.29 is 9.47 Å². The van der Waals surface area contributed by atoms with Gasteiger partial charge in [0.2, 0.25) is 0 Å². The van der Waals surface area contributed by atoms with E-state index in [-0.39, 0.29) is 23.7 Å². The van der Waals surface area contributed by atoms with Crippen molar-refractivity contribution in [3.63, 3.8) is 0 Å². The molecule has 4 saturated carbocycles. The summed E-state index contributed by atoms with van der Waals surface area (Å²) in [4.78, 5) is 3.13. The highest BCUT2D eigenvalue weighted by atomic mass is 16.8. The summed E-state index contributed by atoms with van der Waals surface area (Å²) in [5, 5.41) is 4.12. The quantitative estimate of drug-likeness (QED) is 0.222. The molecule has 9 atom stereocenters. The van der Waals surface area contributed by atoms with Crippen molar-refractivity contribution in [2.24, 2.45) is 39.6 Å². The van der Waals surface area contributed by atoms with E-state index in [1.165, 1.54) is 25.7 Å². The lowest BCUT2D eigenvalue weighted by atomic mass is 9.43. The minimum absolute atomic E-state index is 0.109. The van der Waals surface area contributed by atoms with Crippen molar-refractivity contribution in [2.45, 2.75) is 104 Å². The molecule has 0 amide bonds. The molecule has 4 unspecified atom stereocenters. The molecule has 160 valence electrons. The molecular formula is C24H37N3O2. The molecule has 1 heterocycles. The van der Waals surface area contributed by atoms with Gasteiger partial charge in [0.25, 0.3) is 0 Å². The third-order valence-corrected chi connectivity index (χ3v) is 9.92. The fourth-order valence-corrected chi connectivity index (χ4v) is 8.66. The summed E-state index contributed by atoms with van der Waals surface area (Å²) in [7, 11) is 0. The van der Waals surface area contributed by atoms with Crippen LogP contribution in [0.3, 0.4) is 0 Å². The molecule has 0 spiro atoms. The molecule has 4 aliphatic carbocycles. The predicted octanol–water partition coefficient (Wildman–Crippen LogP) is 6.39. The first kappa shape index (κ1) is 19.9. The van der Waals surface area contributed by atoms with E-state index in [4.69, 9.17) is 15.0 Å². The van der Waals surface area contributed by atoms with Crippen LogP contribution in [0.25, 0.3) is 10.4 Å². The summed E-state index contributed by atoms with van der Waals surface area (Å²) in [6.07, 6.45) is 11.0. The van der Waals surface area contributed by atoms with Gasteiger partial charge in [-0.2, -0.15) is 0 Å². The molecular weight excluding hydrogens is 362 g/mol. The van der Waals surface area contributed by atoms with Crippen molar-refractivity contribution in [1.82, 2.24) is 0 Å². The third-order valence-electron chi connectivity index (χ3n) is 9.92. The molecule has 5 nitrogen and oxygen atoms in total. The first-order valence-electron chi connectivity index (χ1n) is 11.8. The average Bonchev–Trinajstić information content (AvgIpc) is 3.18. The predicted molar refractivity (Wildman–Crippen MR) is 113 cm³/mol. The summed E-state index contributed by atoms with van der Waals surface area (Å²) in [6, 6.07) is 0.109. The lowest BCUT2D eigenvalue weighted by molar-refractivity contribution is -0.173. The Kier molecular flexibility index (Phi) is 4.45. The van der Waals surface area contributed by atoms with Crippen LogP contribution < -0.4 is 0 Å². The summed E-state index contributed by atoms with van der Waals surface area (Å²) >= 11 is 0. The second kappa shape index (κ2) is 6.48. The van der Waals surface area contributed by atoms with Crippen LogP contribution in [0.2, 0.25) is 0 Å². The molecule has 0 radical (unpaired) electrons. The first-order chi connectivity index (χ1) is 13.7. The zero-order valence-corrected chi connectivity index (χ0v) is 18.7. The highest BCUT2D eigenvalue weighted by molar-refractivity contribution is 5.25. The van der Waals surface area contributed by atoms with Gasteiger partial charge in [0.05, 0.1) is 12.2 Å². The highest BCUT2D eigenvalue weighted by Crippen LogP contribution is 2.69. The van der Waals surface area contributed by atoms with Gasteiger partial charge in [0.1, 0.15) is 0 Å². The summed E-state index contributed by atoms with van der Waals surface area (Å²) in [6.45, 7) is 11.4. The van der Waals surface area contributed by atoms with Crippen LogP contribution >= 0.6 is 0 Å². The van der Waals surface area contributed by atoms with Crippen LogP contribution in [-0.4, -0.2) is 24.0 Å². The third kappa shape index (κ3) is 2.70. The van der Waals surface area contributed by atoms with Gasteiger partial charge in [-0.05, 0) is 106 Å². The van der Waals surface area contributed by atoms with E-state index in [0.29, 0.717) is 29.1 Å².